The van der Waals surface area contributed by atoms with Crippen LogP contribution in [0.5, 0.6) is 5.75 Å². The molecule has 3 nitrogen and oxygen atoms in total. The summed E-state index contributed by atoms with van der Waals surface area (Å²) in [5, 5.41) is 0. The van der Waals surface area contributed by atoms with E-state index in [0.717, 1.165) is 25.4 Å². The van der Waals surface area contributed by atoms with E-state index in [1.54, 1.807) is 0 Å². The van der Waals surface area contributed by atoms with Crippen molar-refractivity contribution in [3.05, 3.63) is 29.8 Å². The van der Waals surface area contributed by atoms with Crippen LogP contribution in [0.3, 0.4) is 0 Å². The van der Waals surface area contributed by atoms with Gasteiger partial charge in [-0.15, -0.1) is 0 Å². The highest BCUT2D eigenvalue weighted by molar-refractivity contribution is 5.30. The van der Waals surface area contributed by atoms with E-state index in [1.807, 2.05) is 6.92 Å². The van der Waals surface area contributed by atoms with Gasteiger partial charge in [0.2, 0.25) is 0 Å². The van der Waals surface area contributed by atoms with E-state index in [1.165, 1.54) is 24.9 Å². The Kier molecular flexibility index (Phi) is 5.23. The van der Waals surface area contributed by atoms with Gasteiger partial charge < -0.3 is 10.5 Å². The van der Waals surface area contributed by atoms with Crippen LogP contribution in [0.1, 0.15) is 38.3 Å². The molecular formula is C16H26N2O. The summed E-state index contributed by atoms with van der Waals surface area (Å²) in [6.07, 6.45) is 2.42. The van der Waals surface area contributed by atoms with Gasteiger partial charge in [-0.2, -0.15) is 0 Å². The van der Waals surface area contributed by atoms with Crippen LogP contribution in [0.2, 0.25) is 0 Å². The van der Waals surface area contributed by atoms with Crippen molar-refractivity contribution in [1.29, 1.82) is 0 Å². The summed E-state index contributed by atoms with van der Waals surface area (Å²) >= 11 is 0. The average molecular weight is 262 g/mol. The summed E-state index contributed by atoms with van der Waals surface area (Å²) < 4.78 is 5.51. The second-order valence-electron chi connectivity index (χ2n) is 5.27. The molecule has 106 valence electrons. The number of rotatable bonds is 6. The first-order chi connectivity index (χ1) is 9.30. The third-order valence-corrected chi connectivity index (χ3v) is 3.97. The van der Waals surface area contributed by atoms with E-state index in [2.05, 4.69) is 36.1 Å². The van der Waals surface area contributed by atoms with Crippen molar-refractivity contribution in [3.63, 3.8) is 0 Å². The van der Waals surface area contributed by atoms with Crippen LogP contribution in [0.4, 0.5) is 0 Å². The smallest absolute Gasteiger partial charge is 0.119 e. The summed E-state index contributed by atoms with van der Waals surface area (Å²) in [7, 11) is 0. The Morgan fingerprint density at radius 2 is 2.00 bits per heavy atom. The second kappa shape index (κ2) is 6.92. The Balaban J connectivity index is 2.15. The molecular weight excluding hydrogens is 236 g/mol. The average Bonchev–Trinajstić information content (AvgIpc) is 2.83. The van der Waals surface area contributed by atoms with E-state index in [9.17, 15) is 0 Å². The highest BCUT2D eigenvalue weighted by Crippen LogP contribution is 2.37. The van der Waals surface area contributed by atoms with Crippen LogP contribution in [0.15, 0.2) is 24.3 Å². The Labute approximate surface area is 116 Å². The van der Waals surface area contributed by atoms with Gasteiger partial charge in [-0.25, -0.2) is 0 Å². The van der Waals surface area contributed by atoms with Gasteiger partial charge in [0.15, 0.2) is 0 Å². The fourth-order valence-electron chi connectivity index (χ4n) is 3.12. The second-order valence-corrected chi connectivity index (χ2v) is 5.27. The Hall–Kier alpha value is -1.06. The molecule has 0 saturated carbocycles. The third-order valence-electron chi connectivity index (χ3n) is 3.97. The molecule has 1 saturated heterocycles. The SMILES string of the molecule is CCCN1CCC(CN)C1c1ccc(OCC)cc1. The van der Waals surface area contributed by atoms with Crippen LogP contribution < -0.4 is 10.5 Å². The van der Waals surface area contributed by atoms with E-state index in [0.29, 0.717) is 12.0 Å². The van der Waals surface area contributed by atoms with E-state index in [-0.39, 0.29) is 0 Å². The van der Waals surface area contributed by atoms with Gasteiger partial charge in [-0.1, -0.05) is 19.1 Å². The molecule has 0 spiro atoms. The van der Waals surface area contributed by atoms with Crippen molar-refractivity contribution in [2.75, 3.05) is 26.2 Å². The summed E-state index contributed by atoms with van der Waals surface area (Å²) in [6.45, 7) is 8.08. The van der Waals surface area contributed by atoms with Crippen LogP contribution in [0.25, 0.3) is 0 Å². The molecule has 2 rings (SSSR count). The maximum atomic E-state index is 5.95. The minimum absolute atomic E-state index is 0.487. The maximum Gasteiger partial charge on any atom is 0.119 e. The number of nitrogens with zero attached hydrogens (tertiary/aromatic N) is 1. The first kappa shape index (κ1) is 14.4. The number of likely N-dealkylation sites (tertiary alicyclic amines) is 1. The van der Waals surface area contributed by atoms with Gasteiger partial charge in [0.05, 0.1) is 6.61 Å². The van der Waals surface area contributed by atoms with Crippen molar-refractivity contribution < 1.29 is 4.74 Å². The highest BCUT2D eigenvalue weighted by atomic mass is 16.5. The minimum Gasteiger partial charge on any atom is -0.494 e. The van der Waals surface area contributed by atoms with Gasteiger partial charge >= 0.3 is 0 Å². The molecule has 0 bridgehead atoms. The predicted molar refractivity (Wildman–Crippen MR) is 79.4 cm³/mol. The molecule has 1 aromatic rings. The Morgan fingerprint density at radius 1 is 1.26 bits per heavy atom. The lowest BCUT2D eigenvalue weighted by Gasteiger charge is -2.28. The summed E-state index contributed by atoms with van der Waals surface area (Å²) in [5.74, 6) is 1.54. The van der Waals surface area contributed by atoms with Crippen LogP contribution in [-0.2, 0) is 0 Å². The molecule has 0 aliphatic carbocycles. The largest absolute Gasteiger partial charge is 0.494 e. The van der Waals surface area contributed by atoms with Crippen LogP contribution in [-0.4, -0.2) is 31.1 Å². The summed E-state index contributed by atoms with van der Waals surface area (Å²) in [6, 6.07) is 9.04. The summed E-state index contributed by atoms with van der Waals surface area (Å²) in [5.41, 5.74) is 7.33. The molecule has 1 heterocycles. The van der Waals surface area contributed by atoms with Gasteiger partial charge in [-0.05, 0) is 63.0 Å². The zero-order valence-electron chi connectivity index (χ0n) is 12.1. The fraction of sp³-hybridized carbons (Fsp3) is 0.625. The van der Waals surface area contributed by atoms with Gasteiger partial charge in [-0.3, -0.25) is 4.90 Å². The third kappa shape index (κ3) is 3.28. The molecule has 1 aliphatic heterocycles. The van der Waals surface area contributed by atoms with E-state index >= 15 is 0 Å². The molecule has 2 unspecified atom stereocenters. The molecule has 1 fully saturated rings. The highest BCUT2D eigenvalue weighted by Gasteiger charge is 2.33. The van der Waals surface area contributed by atoms with Crippen LogP contribution >= 0.6 is 0 Å². The molecule has 2 atom stereocenters. The molecule has 19 heavy (non-hydrogen) atoms. The fourth-order valence-corrected chi connectivity index (χ4v) is 3.12. The van der Waals surface area contributed by atoms with Crippen molar-refractivity contribution in [2.24, 2.45) is 11.7 Å². The number of benzene rings is 1. The lowest BCUT2D eigenvalue weighted by molar-refractivity contribution is 0.230. The molecule has 0 radical (unpaired) electrons. The standard InChI is InChI=1S/C16H26N2O/c1-3-10-18-11-9-14(12-17)16(18)13-5-7-15(8-6-13)19-4-2/h5-8,14,16H,3-4,9-12,17H2,1-2H3. The first-order valence-corrected chi connectivity index (χ1v) is 7.47. The maximum absolute atomic E-state index is 5.95. The molecule has 0 amide bonds. The monoisotopic (exact) mass is 262 g/mol. The molecule has 1 aliphatic rings. The lowest BCUT2D eigenvalue weighted by Crippen LogP contribution is -2.28. The van der Waals surface area contributed by atoms with Crippen molar-refractivity contribution in [2.45, 2.75) is 32.7 Å². The topological polar surface area (TPSA) is 38.5 Å². The van der Waals surface area contributed by atoms with Gasteiger partial charge in [0.25, 0.3) is 0 Å². The molecule has 1 aromatic carbocycles. The number of ether oxygens (including phenoxy) is 1. The van der Waals surface area contributed by atoms with Gasteiger partial charge in [0.1, 0.15) is 5.75 Å². The first-order valence-electron chi connectivity index (χ1n) is 7.47. The normalized spacial score (nSPS) is 23.7. The van der Waals surface area contributed by atoms with Crippen molar-refractivity contribution >= 4 is 0 Å². The zero-order chi connectivity index (χ0) is 13.7. The molecule has 3 heteroatoms. The van der Waals surface area contributed by atoms with Crippen LogP contribution in [0, 0.1) is 5.92 Å². The number of nitrogens with two attached hydrogens (primary N) is 1. The Bertz CT molecular complexity index is 377. The van der Waals surface area contributed by atoms with E-state index in [4.69, 9.17) is 10.5 Å². The number of hydrogen-bond acceptors (Lipinski definition) is 3. The molecule has 0 aromatic heterocycles. The van der Waals surface area contributed by atoms with Crippen molar-refractivity contribution in [3.8, 4) is 5.75 Å². The lowest BCUT2D eigenvalue weighted by atomic mass is 9.93. The molecule has 2 N–H and O–H groups in total. The summed E-state index contributed by atoms with van der Waals surface area (Å²) in [4.78, 5) is 2.58. The van der Waals surface area contributed by atoms with E-state index < -0.39 is 0 Å². The number of hydrogen-bond donors (Lipinski definition) is 1. The predicted octanol–water partition coefficient (Wildman–Crippen LogP) is 2.82. The van der Waals surface area contributed by atoms with Crippen molar-refractivity contribution in [1.82, 2.24) is 4.90 Å². The quantitative estimate of drug-likeness (QED) is 0.856. The Morgan fingerprint density at radius 3 is 2.58 bits per heavy atom. The zero-order valence-corrected chi connectivity index (χ0v) is 12.1. The van der Waals surface area contributed by atoms with Gasteiger partial charge in [0, 0.05) is 6.04 Å². The minimum atomic E-state index is 0.487.